The maximum atomic E-state index is 13.7. The molecule has 0 heterocycles. The van der Waals surface area contributed by atoms with Crippen molar-refractivity contribution < 1.29 is 4.39 Å². The summed E-state index contributed by atoms with van der Waals surface area (Å²) >= 11 is 3.36. The zero-order chi connectivity index (χ0) is 11.7. The van der Waals surface area contributed by atoms with Gasteiger partial charge in [-0.1, -0.05) is 22.9 Å². The lowest BCUT2D eigenvalue weighted by Gasteiger charge is -2.19. The van der Waals surface area contributed by atoms with Gasteiger partial charge in [0.15, 0.2) is 0 Å². The predicted molar refractivity (Wildman–Crippen MR) is 68.1 cm³/mol. The van der Waals surface area contributed by atoms with Crippen molar-refractivity contribution in [2.24, 2.45) is 0 Å². The van der Waals surface area contributed by atoms with Crippen LogP contribution in [0.25, 0.3) is 0 Å². The van der Waals surface area contributed by atoms with Gasteiger partial charge in [-0.2, -0.15) is 0 Å². The Bertz CT molecular complexity index is 392. The SMILES string of the molecule is CCC(C)NC1CCc2c(F)cc(Br)cc21. The Kier molecular flexibility index (Phi) is 3.65. The lowest BCUT2D eigenvalue weighted by molar-refractivity contribution is 0.445. The highest BCUT2D eigenvalue weighted by Gasteiger charge is 2.26. The van der Waals surface area contributed by atoms with Crippen molar-refractivity contribution in [2.75, 3.05) is 0 Å². The minimum absolute atomic E-state index is 0.0715. The number of nitrogens with one attached hydrogen (secondary N) is 1. The van der Waals surface area contributed by atoms with Crippen LogP contribution in [0, 0.1) is 5.82 Å². The van der Waals surface area contributed by atoms with Crippen LogP contribution in [0.1, 0.15) is 43.9 Å². The first-order chi connectivity index (χ1) is 7.61. The molecule has 2 unspecified atom stereocenters. The average Bonchev–Trinajstić information content (AvgIpc) is 2.61. The maximum Gasteiger partial charge on any atom is 0.127 e. The Hall–Kier alpha value is -0.410. The Morgan fingerprint density at radius 1 is 1.56 bits per heavy atom. The van der Waals surface area contributed by atoms with Crippen LogP contribution in [0.3, 0.4) is 0 Å². The Balaban J connectivity index is 2.25. The van der Waals surface area contributed by atoms with Crippen LogP contribution in [0.15, 0.2) is 16.6 Å². The van der Waals surface area contributed by atoms with E-state index in [-0.39, 0.29) is 5.82 Å². The molecule has 3 heteroatoms. The fraction of sp³-hybridized carbons (Fsp3) is 0.538. The topological polar surface area (TPSA) is 12.0 Å². The van der Waals surface area contributed by atoms with Crippen LogP contribution >= 0.6 is 15.9 Å². The summed E-state index contributed by atoms with van der Waals surface area (Å²) in [6, 6.07) is 4.41. The third-order valence-corrected chi connectivity index (χ3v) is 3.81. The molecule has 0 aromatic heterocycles. The highest BCUT2D eigenvalue weighted by molar-refractivity contribution is 9.10. The maximum absolute atomic E-state index is 13.7. The molecule has 2 atom stereocenters. The summed E-state index contributed by atoms with van der Waals surface area (Å²) in [6.45, 7) is 4.33. The van der Waals surface area contributed by atoms with Crippen molar-refractivity contribution in [2.45, 2.75) is 45.2 Å². The van der Waals surface area contributed by atoms with E-state index in [1.165, 1.54) is 0 Å². The van der Waals surface area contributed by atoms with E-state index in [0.717, 1.165) is 34.9 Å². The van der Waals surface area contributed by atoms with E-state index in [4.69, 9.17) is 0 Å². The molecule has 0 aliphatic heterocycles. The van der Waals surface area contributed by atoms with Gasteiger partial charge in [-0.15, -0.1) is 0 Å². The Morgan fingerprint density at radius 2 is 2.31 bits per heavy atom. The summed E-state index contributed by atoms with van der Waals surface area (Å²) in [5, 5.41) is 3.55. The van der Waals surface area contributed by atoms with E-state index in [0.29, 0.717) is 12.1 Å². The first-order valence-corrected chi connectivity index (χ1v) is 6.65. The molecule has 0 amide bonds. The molecule has 1 nitrogen and oxygen atoms in total. The van der Waals surface area contributed by atoms with Gasteiger partial charge in [0.1, 0.15) is 5.82 Å². The molecular weight excluding hydrogens is 269 g/mol. The molecule has 1 aliphatic carbocycles. The molecule has 0 bridgehead atoms. The van der Waals surface area contributed by atoms with Crippen LogP contribution in [-0.4, -0.2) is 6.04 Å². The zero-order valence-electron chi connectivity index (χ0n) is 9.69. The summed E-state index contributed by atoms with van der Waals surface area (Å²) in [7, 11) is 0. The second-order valence-corrected chi connectivity index (χ2v) is 5.44. The third-order valence-electron chi connectivity index (χ3n) is 3.35. The van der Waals surface area contributed by atoms with Crippen molar-refractivity contribution >= 4 is 15.9 Å². The van der Waals surface area contributed by atoms with Crippen LogP contribution in [0.5, 0.6) is 0 Å². The number of fused-ring (bicyclic) bond motifs is 1. The van der Waals surface area contributed by atoms with Crippen molar-refractivity contribution in [1.29, 1.82) is 0 Å². The van der Waals surface area contributed by atoms with Crippen LogP contribution < -0.4 is 5.32 Å². The van der Waals surface area contributed by atoms with Crippen molar-refractivity contribution in [3.8, 4) is 0 Å². The third kappa shape index (κ3) is 2.30. The van der Waals surface area contributed by atoms with Gasteiger partial charge in [-0.25, -0.2) is 4.39 Å². The van der Waals surface area contributed by atoms with Gasteiger partial charge in [0.05, 0.1) is 0 Å². The number of hydrogen-bond donors (Lipinski definition) is 1. The molecule has 0 radical (unpaired) electrons. The second-order valence-electron chi connectivity index (χ2n) is 4.52. The van der Waals surface area contributed by atoms with Gasteiger partial charge in [0.25, 0.3) is 0 Å². The van der Waals surface area contributed by atoms with E-state index in [2.05, 4.69) is 35.1 Å². The molecular formula is C13H17BrFN. The van der Waals surface area contributed by atoms with Crippen LogP contribution in [0.4, 0.5) is 4.39 Å². The van der Waals surface area contributed by atoms with Crippen molar-refractivity contribution in [3.63, 3.8) is 0 Å². The predicted octanol–water partition coefficient (Wildman–Crippen LogP) is 3.96. The first-order valence-electron chi connectivity index (χ1n) is 5.85. The second kappa shape index (κ2) is 4.84. The van der Waals surface area contributed by atoms with E-state index in [9.17, 15) is 4.39 Å². The smallest absolute Gasteiger partial charge is 0.127 e. The fourth-order valence-electron chi connectivity index (χ4n) is 2.28. The van der Waals surface area contributed by atoms with E-state index in [1.54, 1.807) is 6.07 Å². The molecule has 1 aromatic carbocycles. The highest BCUT2D eigenvalue weighted by atomic mass is 79.9. The van der Waals surface area contributed by atoms with Gasteiger partial charge in [-0.05, 0) is 49.4 Å². The fourth-order valence-corrected chi connectivity index (χ4v) is 2.72. The summed E-state index contributed by atoms with van der Waals surface area (Å²) < 4.78 is 14.5. The molecule has 88 valence electrons. The lowest BCUT2D eigenvalue weighted by atomic mass is 10.1. The molecule has 0 saturated heterocycles. The minimum Gasteiger partial charge on any atom is -0.307 e. The van der Waals surface area contributed by atoms with Crippen molar-refractivity contribution in [3.05, 3.63) is 33.5 Å². The number of hydrogen-bond acceptors (Lipinski definition) is 1. The van der Waals surface area contributed by atoms with Gasteiger partial charge >= 0.3 is 0 Å². The molecule has 0 saturated carbocycles. The van der Waals surface area contributed by atoms with Gasteiger partial charge in [0, 0.05) is 16.6 Å². The Morgan fingerprint density at radius 3 is 3.00 bits per heavy atom. The normalized spacial score (nSPS) is 20.9. The van der Waals surface area contributed by atoms with E-state index in [1.807, 2.05) is 6.07 Å². The summed E-state index contributed by atoms with van der Waals surface area (Å²) in [5.74, 6) is -0.0715. The minimum atomic E-state index is -0.0715. The van der Waals surface area contributed by atoms with Crippen LogP contribution in [0.2, 0.25) is 0 Å². The number of benzene rings is 1. The van der Waals surface area contributed by atoms with E-state index >= 15 is 0 Å². The monoisotopic (exact) mass is 285 g/mol. The van der Waals surface area contributed by atoms with E-state index < -0.39 is 0 Å². The molecule has 1 aromatic rings. The molecule has 1 aliphatic rings. The standard InChI is InChI=1S/C13H17BrFN/c1-3-8(2)16-13-5-4-10-11(13)6-9(14)7-12(10)15/h6-8,13,16H,3-5H2,1-2H3. The molecule has 1 N–H and O–H groups in total. The number of halogens is 2. The highest BCUT2D eigenvalue weighted by Crippen LogP contribution is 2.35. The van der Waals surface area contributed by atoms with Crippen molar-refractivity contribution in [1.82, 2.24) is 5.32 Å². The Labute approximate surface area is 105 Å². The lowest BCUT2D eigenvalue weighted by Crippen LogP contribution is -2.28. The summed E-state index contributed by atoms with van der Waals surface area (Å²) in [6.07, 6.45) is 2.96. The molecule has 2 rings (SSSR count). The molecule has 0 spiro atoms. The first kappa shape index (κ1) is 12.1. The summed E-state index contributed by atoms with van der Waals surface area (Å²) in [4.78, 5) is 0. The molecule has 16 heavy (non-hydrogen) atoms. The van der Waals surface area contributed by atoms with Crippen LogP contribution in [-0.2, 0) is 6.42 Å². The zero-order valence-corrected chi connectivity index (χ0v) is 11.3. The average molecular weight is 286 g/mol. The molecule has 0 fully saturated rings. The quantitative estimate of drug-likeness (QED) is 0.886. The van der Waals surface area contributed by atoms with Gasteiger partial charge < -0.3 is 5.32 Å². The number of rotatable bonds is 3. The van der Waals surface area contributed by atoms with Gasteiger partial charge in [-0.3, -0.25) is 0 Å². The largest absolute Gasteiger partial charge is 0.307 e. The van der Waals surface area contributed by atoms with Gasteiger partial charge in [0.2, 0.25) is 0 Å². The summed E-state index contributed by atoms with van der Waals surface area (Å²) in [5.41, 5.74) is 2.02.